The minimum Gasteiger partial charge on any atom is -0.392 e. The van der Waals surface area contributed by atoms with Gasteiger partial charge in [-0.25, -0.2) is 9.78 Å². The van der Waals surface area contributed by atoms with E-state index in [4.69, 9.17) is 0 Å². The molecule has 0 aliphatic heterocycles. The second-order valence-corrected chi connectivity index (χ2v) is 7.96. The molecule has 4 aliphatic carbocycles. The molecule has 3 atom stereocenters. The smallest absolute Gasteiger partial charge is 0.330 e. The lowest BCUT2D eigenvalue weighted by Crippen LogP contribution is -2.47. The SMILES string of the molecule is CCCn1c(=O)[nH]c(=O)c2[nH]c(C34CC5CC(CC5C3)C4O)nc21. The summed E-state index contributed by atoms with van der Waals surface area (Å²) >= 11 is 0. The highest BCUT2D eigenvalue weighted by Gasteiger charge is 2.63. The second-order valence-electron chi connectivity index (χ2n) is 7.96. The summed E-state index contributed by atoms with van der Waals surface area (Å²) in [6.45, 7) is 2.50. The number of aromatic amines is 2. The van der Waals surface area contributed by atoms with E-state index in [0.29, 0.717) is 41.3 Å². The summed E-state index contributed by atoms with van der Waals surface area (Å²) in [5.74, 6) is 2.39. The number of aliphatic hydroxyl groups is 1. The van der Waals surface area contributed by atoms with Gasteiger partial charge in [0, 0.05) is 6.54 Å². The van der Waals surface area contributed by atoms with Crippen LogP contribution in [0.25, 0.3) is 11.2 Å². The van der Waals surface area contributed by atoms with Gasteiger partial charge in [-0.3, -0.25) is 14.3 Å². The van der Waals surface area contributed by atoms with Crippen LogP contribution in [0.5, 0.6) is 0 Å². The average Bonchev–Trinajstić information content (AvgIpc) is 3.18. The first-order valence-corrected chi connectivity index (χ1v) is 8.95. The fourth-order valence-corrected chi connectivity index (χ4v) is 5.77. The third-order valence-corrected chi connectivity index (χ3v) is 6.70. The molecule has 7 nitrogen and oxygen atoms in total. The maximum absolute atomic E-state index is 12.2. The molecule has 24 heavy (non-hydrogen) atoms. The highest BCUT2D eigenvalue weighted by Crippen LogP contribution is 2.64. The van der Waals surface area contributed by atoms with Gasteiger partial charge in [-0.15, -0.1) is 0 Å². The number of aromatic nitrogens is 4. The molecule has 0 saturated heterocycles. The summed E-state index contributed by atoms with van der Waals surface area (Å²) in [5, 5.41) is 10.9. The summed E-state index contributed by atoms with van der Waals surface area (Å²) in [7, 11) is 0. The van der Waals surface area contributed by atoms with Crippen LogP contribution in [0.1, 0.15) is 44.9 Å². The maximum Gasteiger partial charge on any atom is 0.330 e. The van der Waals surface area contributed by atoms with Crippen molar-refractivity contribution in [3.63, 3.8) is 0 Å². The third-order valence-electron chi connectivity index (χ3n) is 6.70. The van der Waals surface area contributed by atoms with E-state index in [1.54, 1.807) is 0 Å². The molecule has 3 N–H and O–H groups in total. The summed E-state index contributed by atoms with van der Waals surface area (Å²) in [6, 6.07) is 0. The van der Waals surface area contributed by atoms with Gasteiger partial charge in [-0.2, -0.15) is 0 Å². The van der Waals surface area contributed by atoms with E-state index in [1.165, 1.54) is 4.57 Å². The monoisotopic (exact) mass is 330 g/mol. The summed E-state index contributed by atoms with van der Waals surface area (Å²) in [5.41, 5.74) is -0.439. The fourth-order valence-electron chi connectivity index (χ4n) is 5.77. The summed E-state index contributed by atoms with van der Waals surface area (Å²) in [6.07, 6.45) is 4.49. The van der Waals surface area contributed by atoms with Crippen LogP contribution >= 0.6 is 0 Å². The lowest BCUT2D eigenvalue weighted by atomic mass is 9.66. The molecular formula is C17H22N4O3. The Morgan fingerprint density at radius 1 is 1.21 bits per heavy atom. The van der Waals surface area contributed by atoms with E-state index >= 15 is 0 Å². The Morgan fingerprint density at radius 2 is 1.92 bits per heavy atom. The molecule has 7 heteroatoms. The van der Waals surface area contributed by atoms with Gasteiger partial charge in [0.15, 0.2) is 5.65 Å². The number of aryl methyl sites for hydroxylation is 1. The quantitative estimate of drug-likeness (QED) is 0.777. The number of fused-ring (bicyclic) bond motifs is 1. The highest BCUT2D eigenvalue weighted by atomic mass is 16.3. The molecule has 4 bridgehead atoms. The van der Waals surface area contributed by atoms with Crippen LogP contribution < -0.4 is 11.2 Å². The Kier molecular flexibility index (Phi) is 2.77. The van der Waals surface area contributed by atoms with Gasteiger partial charge in [-0.05, 0) is 49.9 Å². The lowest BCUT2D eigenvalue weighted by Gasteiger charge is -2.42. The fraction of sp³-hybridized carbons (Fsp3) is 0.706. The molecule has 6 rings (SSSR count). The molecule has 0 amide bonds. The van der Waals surface area contributed by atoms with Gasteiger partial charge in [0.25, 0.3) is 5.56 Å². The molecule has 2 heterocycles. The molecule has 2 aromatic rings. The van der Waals surface area contributed by atoms with Crippen LogP contribution in [-0.4, -0.2) is 30.7 Å². The third kappa shape index (κ3) is 1.63. The number of hydrogen-bond acceptors (Lipinski definition) is 4. The van der Waals surface area contributed by atoms with Crippen molar-refractivity contribution in [2.75, 3.05) is 0 Å². The van der Waals surface area contributed by atoms with Gasteiger partial charge in [0.2, 0.25) is 0 Å². The number of hydrogen-bond donors (Lipinski definition) is 3. The lowest BCUT2D eigenvalue weighted by molar-refractivity contribution is -0.00851. The Bertz CT molecular complexity index is 925. The number of nitrogens with zero attached hydrogens (tertiary/aromatic N) is 2. The van der Waals surface area contributed by atoms with Crippen LogP contribution in [0.3, 0.4) is 0 Å². The van der Waals surface area contributed by atoms with Crippen molar-refractivity contribution in [1.82, 2.24) is 19.5 Å². The largest absolute Gasteiger partial charge is 0.392 e. The summed E-state index contributed by atoms with van der Waals surface area (Å²) in [4.78, 5) is 34.5. The number of imidazole rings is 1. The molecule has 3 unspecified atom stereocenters. The zero-order valence-electron chi connectivity index (χ0n) is 13.7. The van der Waals surface area contributed by atoms with Crippen molar-refractivity contribution in [2.24, 2.45) is 17.8 Å². The molecule has 4 fully saturated rings. The average molecular weight is 330 g/mol. The van der Waals surface area contributed by atoms with Crippen molar-refractivity contribution in [3.8, 4) is 0 Å². The van der Waals surface area contributed by atoms with Crippen LogP contribution in [0.15, 0.2) is 9.59 Å². The molecule has 0 radical (unpaired) electrons. The van der Waals surface area contributed by atoms with Crippen molar-refractivity contribution in [2.45, 2.75) is 57.1 Å². The predicted octanol–water partition coefficient (Wildman–Crippen LogP) is 0.871. The number of H-pyrrole nitrogens is 2. The van der Waals surface area contributed by atoms with Crippen molar-refractivity contribution in [3.05, 3.63) is 26.7 Å². The van der Waals surface area contributed by atoms with Gasteiger partial charge in [0.1, 0.15) is 11.3 Å². The maximum atomic E-state index is 12.2. The van der Waals surface area contributed by atoms with E-state index in [0.717, 1.165) is 32.1 Å². The van der Waals surface area contributed by atoms with Gasteiger partial charge < -0.3 is 10.1 Å². The van der Waals surface area contributed by atoms with Crippen LogP contribution in [0.2, 0.25) is 0 Å². The van der Waals surface area contributed by atoms with Crippen molar-refractivity contribution >= 4 is 11.2 Å². The zero-order valence-corrected chi connectivity index (χ0v) is 13.7. The molecule has 4 saturated carbocycles. The van der Waals surface area contributed by atoms with E-state index in [2.05, 4.69) is 15.0 Å². The minimum atomic E-state index is -0.428. The first-order valence-electron chi connectivity index (χ1n) is 8.95. The summed E-state index contributed by atoms with van der Waals surface area (Å²) < 4.78 is 1.52. The van der Waals surface area contributed by atoms with Gasteiger partial charge in [-0.1, -0.05) is 6.92 Å². The zero-order chi connectivity index (χ0) is 16.6. The van der Waals surface area contributed by atoms with E-state index in [1.807, 2.05) is 6.92 Å². The molecule has 0 spiro atoms. The van der Waals surface area contributed by atoms with Gasteiger partial charge >= 0.3 is 5.69 Å². The Labute approximate surface area is 138 Å². The molecular weight excluding hydrogens is 308 g/mol. The predicted molar refractivity (Wildman–Crippen MR) is 87.9 cm³/mol. The molecule has 128 valence electrons. The van der Waals surface area contributed by atoms with E-state index in [-0.39, 0.29) is 5.41 Å². The van der Waals surface area contributed by atoms with Gasteiger partial charge in [0.05, 0.1) is 11.5 Å². The Morgan fingerprint density at radius 3 is 2.58 bits per heavy atom. The van der Waals surface area contributed by atoms with E-state index in [9.17, 15) is 14.7 Å². The van der Waals surface area contributed by atoms with Crippen LogP contribution in [0.4, 0.5) is 0 Å². The number of rotatable bonds is 3. The van der Waals surface area contributed by atoms with Crippen molar-refractivity contribution in [1.29, 1.82) is 0 Å². The van der Waals surface area contributed by atoms with Crippen LogP contribution in [-0.2, 0) is 12.0 Å². The highest BCUT2D eigenvalue weighted by molar-refractivity contribution is 5.70. The Balaban J connectivity index is 1.72. The number of aliphatic hydroxyl groups excluding tert-OH is 1. The topological polar surface area (TPSA) is 104 Å². The molecule has 4 aliphatic rings. The first kappa shape index (κ1) is 14.5. The first-order chi connectivity index (χ1) is 11.5. The van der Waals surface area contributed by atoms with Crippen molar-refractivity contribution < 1.29 is 5.11 Å². The standard InChI is InChI=1S/C17H22N4O3/c1-2-3-21-13-11(14(23)20-16(21)24)18-15(19-13)17-6-9-4-8(12(17)22)5-10(9)7-17/h8-10,12,22H,2-7H2,1H3,(H,18,19)(H,20,23,24). The van der Waals surface area contributed by atoms with E-state index < -0.39 is 17.4 Å². The molecule has 0 aromatic carbocycles. The minimum absolute atomic E-state index is 0.349. The number of nitrogens with one attached hydrogen (secondary N) is 2. The Hall–Kier alpha value is -1.89. The normalized spacial score (nSPS) is 36.9. The van der Waals surface area contributed by atoms with Crippen LogP contribution in [0, 0.1) is 17.8 Å². The molecule has 2 aromatic heterocycles. The second kappa shape index (κ2) is 4.59.